The number of carbonyl (C=O) groups excluding carboxylic acids is 1. The first-order valence-electron chi connectivity index (χ1n) is 8.30. The van der Waals surface area contributed by atoms with Crippen LogP contribution >= 0.6 is 22.6 Å². The zero-order valence-corrected chi connectivity index (χ0v) is 16.5. The Morgan fingerprint density at radius 2 is 1.92 bits per heavy atom. The van der Waals surface area contributed by atoms with E-state index in [-0.39, 0.29) is 11.5 Å². The van der Waals surface area contributed by atoms with Crippen LogP contribution in [0.15, 0.2) is 47.3 Å². The fourth-order valence-electron chi connectivity index (χ4n) is 3.28. The van der Waals surface area contributed by atoms with Gasteiger partial charge in [-0.3, -0.25) is 14.2 Å². The first-order valence-corrected chi connectivity index (χ1v) is 9.38. The normalized spacial score (nSPS) is 15.1. The summed E-state index contributed by atoms with van der Waals surface area (Å²) in [5, 5.41) is 0.579. The molecule has 0 unspecified atom stereocenters. The number of hydrogen-bond donors (Lipinski definition) is 0. The molecule has 1 aromatic heterocycles. The summed E-state index contributed by atoms with van der Waals surface area (Å²) < 4.78 is 2.48. The van der Waals surface area contributed by atoms with E-state index in [0.29, 0.717) is 28.8 Å². The van der Waals surface area contributed by atoms with Gasteiger partial charge in [0.2, 0.25) is 0 Å². The molecule has 5 nitrogen and oxygen atoms in total. The molecule has 1 aliphatic heterocycles. The van der Waals surface area contributed by atoms with Crippen LogP contribution in [0.25, 0.3) is 22.6 Å². The summed E-state index contributed by atoms with van der Waals surface area (Å²) in [6, 6.07) is 13.3. The molecule has 3 aromatic rings. The van der Waals surface area contributed by atoms with Gasteiger partial charge in [0.15, 0.2) is 0 Å². The highest BCUT2D eigenvalue weighted by Gasteiger charge is 2.31. The van der Waals surface area contributed by atoms with Gasteiger partial charge in [0.05, 0.1) is 22.2 Å². The van der Waals surface area contributed by atoms with E-state index in [1.807, 2.05) is 49.4 Å². The fourth-order valence-corrected chi connectivity index (χ4v) is 3.77. The molecule has 6 heteroatoms. The number of nitrogens with zero attached hydrogens (tertiary/aromatic N) is 3. The molecule has 0 atom stereocenters. The largest absolute Gasteiger partial charge is 0.308 e. The predicted octanol–water partition coefficient (Wildman–Crippen LogP) is 3.45. The van der Waals surface area contributed by atoms with Crippen molar-refractivity contribution < 1.29 is 4.79 Å². The third-order valence-corrected chi connectivity index (χ3v) is 5.29. The SMILES string of the molecule is CCN1C(=O)C(=Cc2nc3ccc(I)cc3c(=O)n2C)c2ccccc21. The van der Waals surface area contributed by atoms with Crippen LogP contribution in [0, 0.1) is 3.57 Å². The highest BCUT2D eigenvalue weighted by atomic mass is 127. The molecule has 0 saturated carbocycles. The van der Waals surface area contributed by atoms with Crippen molar-refractivity contribution in [1.82, 2.24) is 9.55 Å². The van der Waals surface area contributed by atoms with Crippen molar-refractivity contribution in [1.29, 1.82) is 0 Å². The molecule has 0 N–H and O–H groups in total. The number of likely N-dealkylation sites (N-methyl/N-ethyl adjacent to an activating group) is 1. The molecule has 0 saturated heterocycles. The van der Waals surface area contributed by atoms with E-state index in [2.05, 4.69) is 27.6 Å². The maximum Gasteiger partial charge on any atom is 0.261 e. The Morgan fingerprint density at radius 1 is 1.15 bits per heavy atom. The van der Waals surface area contributed by atoms with Crippen LogP contribution in [0.5, 0.6) is 0 Å². The Morgan fingerprint density at radius 3 is 2.69 bits per heavy atom. The lowest BCUT2D eigenvalue weighted by Crippen LogP contribution is -2.26. The number of amides is 1. The van der Waals surface area contributed by atoms with Crippen LogP contribution in [0.1, 0.15) is 18.3 Å². The molecule has 2 heterocycles. The Balaban J connectivity index is 1.95. The first kappa shape index (κ1) is 17.0. The molecule has 0 radical (unpaired) electrons. The second-order valence-corrected chi connectivity index (χ2v) is 7.37. The minimum Gasteiger partial charge on any atom is -0.308 e. The Bertz CT molecular complexity index is 1150. The molecule has 26 heavy (non-hydrogen) atoms. The zero-order chi connectivity index (χ0) is 18.4. The molecule has 4 rings (SSSR count). The standard InChI is InChI=1S/C20H16IN3O2/c1-3-24-17-7-5-4-6-13(17)14(20(24)26)11-18-22-16-9-8-12(21)10-15(16)19(25)23(18)2/h4-11H,3H2,1-2H3. The van der Waals surface area contributed by atoms with Gasteiger partial charge in [-0.25, -0.2) is 4.98 Å². The number of hydrogen-bond acceptors (Lipinski definition) is 3. The summed E-state index contributed by atoms with van der Waals surface area (Å²) in [6.07, 6.45) is 1.72. The number of benzene rings is 2. The highest BCUT2D eigenvalue weighted by Crippen LogP contribution is 2.37. The second kappa shape index (κ2) is 6.35. The predicted molar refractivity (Wildman–Crippen MR) is 112 cm³/mol. The topological polar surface area (TPSA) is 55.2 Å². The van der Waals surface area contributed by atoms with Gasteiger partial charge in [-0.15, -0.1) is 0 Å². The summed E-state index contributed by atoms with van der Waals surface area (Å²) in [7, 11) is 1.68. The quantitative estimate of drug-likeness (QED) is 0.438. The van der Waals surface area contributed by atoms with Crippen LogP contribution in [-0.2, 0) is 11.8 Å². The Hall–Kier alpha value is -2.48. The van der Waals surface area contributed by atoms with E-state index < -0.39 is 0 Å². The van der Waals surface area contributed by atoms with E-state index >= 15 is 0 Å². The molecule has 2 aromatic carbocycles. The minimum atomic E-state index is -0.119. The van der Waals surface area contributed by atoms with Crippen molar-refractivity contribution in [2.24, 2.45) is 7.05 Å². The van der Waals surface area contributed by atoms with Gasteiger partial charge in [-0.05, 0) is 59.9 Å². The van der Waals surface area contributed by atoms with Crippen molar-refractivity contribution >= 4 is 56.7 Å². The van der Waals surface area contributed by atoms with E-state index in [1.165, 1.54) is 4.57 Å². The molecule has 0 aliphatic carbocycles. The van der Waals surface area contributed by atoms with E-state index in [4.69, 9.17) is 0 Å². The van der Waals surface area contributed by atoms with E-state index in [1.54, 1.807) is 18.0 Å². The van der Waals surface area contributed by atoms with Crippen molar-refractivity contribution in [2.45, 2.75) is 6.92 Å². The van der Waals surface area contributed by atoms with Gasteiger partial charge in [0.25, 0.3) is 11.5 Å². The van der Waals surface area contributed by atoms with E-state index in [0.717, 1.165) is 14.8 Å². The summed E-state index contributed by atoms with van der Waals surface area (Å²) >= 11 is 2.18. The van der Waals surface area contributed by atoms with Crippen molar-refractivity contribution in [2.75, 3.05) is 11.4 Å². The smallest absolute Gasteiger partial charge is 0.261 e. The van der Waals surface area contributed by atoms with Crippen molar-refractivity contribution in [3.63, 3.8) is 0 Å². The number of rotatable bonds is 2. The average Bonchev–Trinajstić information content (AvgIpc) is 2.91. The number of fused-ring (bicyclic) bond motifs is 2. The van der Waals surface area contributed by atoms with Gasteiger partial charge in [-0.1, -0.05) is 18.2 Å². The summed E-state index contributed by atoms with van der Waals surface area (Å²) in [5.74, 6) is 0.408. The summed E-state index contributed by atoms with van der Waals surface area (Å²) in [5.41, 5.74) is 2.84. The minimum absolute atomic E-state index is 0.0642. The number of para-hydroxylation sites is 1. The Kier molecular flexibility index (Phi) is 4.14. The van der Waals surface area contributed by atoms with Crippen LogP contribution in [0.2, 0.25) is 0 Å². The summed E-state index contributed by atoms with van der Waals surface area (Å²) in [4.78, 5) is 31.9. The van der Waals surface area contributed by atoms with Gasteiger partial charge in [0.1, 0.15) is 5.82 Å². The monoisotopic (exact) mass is 457 g/mol. The Labute approximate surface area is 164 Å². The average molecular weight is 457 g/mol. The maximum atomic E-state index is 12.8. The molecule has 1 aliphatic rings. The lowest BCUT2D eigenvalue weighted by atomic mass is 10.1. The molecule has 0 fully saturated rings. The van der Waals surface area contributed by atoms with Gasteiger partial charge in [0, 0.05) is 22.7 Å². The number of halogens is 1. The number of anilines is 1. The third kappa shape index (κ3) is 2.56. The number of carbonyl (C=O) groups is 1. The summed E-state index contributed by atoms with van der Waals surface area (Å²) in [6.45, 7) is 2.54. The second-order valence-electron chi connectivity index (χ2n) is 6.12. The van der Waals surface area contributed by atoms with Crippen molar-refractivity contribution in [3.8, 4) is 0 Å². The fraction of sp³-hybridized carbons (Fsp3) is 0.150. The van der Waals surface area contributed by atoms with Gasteiger partial charge < -0.3 is 4.90 Å². The zero-order valence-electron chi connectivity index (χ0n) is 14.4. The highest BCUT2D eigenvalue weighted by molar-refractivity contribution is 14.1. The molecule has 0 bridgehead atoms. The number of aromatic nitrogens is 2. The first-order chi connectivity index (χ1) is 12.5. The van der Waals surface area contributed by atoms with Crippen LogP contribution in [-0.4, -0.2) is 22.0 Å². The molecular formula is C20H16IN3O2. The van der Waals surface area contributed by atoms with E-state index in [9.17, 15) is 9.59 Å². The third-order valence-electron chi connectivity index (χ3n) is 4.62. The molecule has 0 spiro atoms. The maximum absolute atomic E-state index is 12.8. The van der Waals surface area contributed by atoms with Gasteiger partial charge >= 0.3 is 0 Å². The molecular weight excluding hydrogens is 441 g/mol. The lowest BCUT2D eigenvalue weighted by molar-refractivity contribution is -0.112. The van der Waals surface area contributed by atoms with Crippen molar-refractivity contribution in [3.05, 3.63) is 67.8 Å². The van der Waals surface area contributed by atoms with Crippen LogP contribution in [0.3, 0.4) is 0 Å². The lowest BCUT2D eigenvalue weighted by Gasteiger charge is -2.13. The molecule has 1 amide bonds. The van der Waals surface area contributed by atoms with Crippen LogP contribution in [0.4, 0.5) is 5.69 Å². The van der Waals surface area contributed by atoms with Crippen LogP contribution < -0.4 is 10.5 Å². The molecule has 130 valence electrons. The van der Waals surface area contributed by atoms with Gasteiger partial charge in [-0.2, -0.15) is 0 Å².